The molecule has 1 unspecified atom stereocenters. The van der Waals surface area contributed by atoms with Crippen LogP contribution in [0, 0.1) is 0 Å². The van der Waals surface area contributed by atoms with Crippen molar-refractivity contribution < 1.29 is 9.00 Å². The van der Waals surface area contributed by atoms with Crippen LogP contribution in [0.1, 0.15) is 15.9 Å². The maximum Gasteiger partial charge on any atom is 0.255 e. The van der Waals surface area contributed by atoms with E-state index in [1.807, 2.05) is 18.2 Å². The first-order valence-corrected chi connectivity index (χ1v) is 10.6. The Bertz CT molecular complexity index is 1010. The van der Waals surface area contributed by atoms with Crippen molar-refractivity contribution >= 4 is 51.5 Å². The Morgan fingerprint density at radius 3 is 2.43 bits per heavy atom. The number of pyridine rings is 1. The molecule has 1 heterocycles. The van der Waals surface area contributed by atoms with E-state index < -0.39 is 11.0 Å². The third-order valence-corrected chi connectivity index (χ3v) is 5.64. The Balaban J connectivity index is 1.78. The number of carbonyl (C=O) groups excluding carboxylic acids is 1. The third-order valence-electron chi connectivity index (χ3n) is 4.01. The number of carbonyl (C=O) groups is 1. The fourth-order valence-corrected chi connectivity index (χ4v) is 3.67. The number of nitrogens with zero attached hydrogens (tertiary/aromatic N) is 2. The lowest BCUT2D eigenvalue weighted by atomic mass is 10.1. The van der Waals surface area contributed by atoms with Gasteiger partial charge in [0.1, 0.15) is 11.0 Å². The predicted molar refractivity (Wildman–Crippen MR) is 115 cm³/mol. The molecule has 8 heteroatoms. The molecule has 0 aliphatic rings. The van der Waals surface area contributed by atoms with Crippen LogP contribution in [0.4, 0.5) is 11.4 Å². The largest absolute Gasteiger partial charge is 0.319 e. The average Bonchev–Trinajstić information content (AvgIpc) is 2.69. The van der Waals surface area contributed by atoms with Crippen molar-refractivity contribution in [3.8, 4) is 0 Å². The molecule has 1 aromatic heterocycles. The fraction of sp³-hybridized carbons (Fsp3) is 0.100. The second-order valence-electron chi connectivity index (χ2n) is 5.89. The minimum atomic E-state index is -1.27. The van der Waals surface area contributed by atoms with Crippen molar-refractivity contribution in [3.05, 3.63) is 88.2 Å². The highest BCUT2D eigenvalue weighted by Gasteiger charge is 2.15. The lowest BCUT2D eigenvalue weighted by molar-refractivity contribution is 0.102. The molecule has 1 atom stereocenters. The number of anilines is 2. The van der Waals surface area contributed by atoms with E-state index in [9.17, 15) is 9.00 Å². The molecule has 0 spiro atoms. The Morgan fingerprint density at radius 2 is 1.79 bits per heavy atom. The quantitative estimate of drug-likeness (QED) is 0.559. The summed E-state index contributed by atoms with van der Waals surface area (Å²) in [7, 11) is -1.27. The standard InChI is InChI=1S/C20H17Cl2N3O2S/c1-28(27)25(13-15-5-2-3-6-17(15)21)16-10-8-14(9-11-16)20(26)24-18-7-4-12-23-19(18)22/h2-12H,13H2,1H3,(H,24,26). The van der Waals surface area contributed by atoms with Gasteiger partial charge in [-0.2, -0.15) is 0 Å². The van der Waals surface area contributed by atoms with E-state index in [1.54, 1.807) is 59.2 Å². The molecule has 0 aliphatic carbocycles. The molecule has 28 heavy (non-hydrogen) atoms. The Hall–Kier alpha value is -2.41. The van der Waals surface area contributed by atoms with Gasteiger partial charge in [-0.3, -0.25) is 9.10 Å². The summed E-state index contributed by atoms with van der Waals surface area (Å²) in [6.45, 7) is 0.389. The summed E-state index contributed by atoms with van der Waals surface area (Å²) < 4.78 is 14.0. The SMILES string of the molecule is CS(=O)N(Cc1ccccc1Cl)c1ccc(C(=O)Nc2cccnc2Cl)cc1. The zero-order chi connectivity index (χ0) is 20.1. The minimum Gasteiger partial charge on any atom is -0.319 e. The van der Waals surface area contributed by atoms with Crippen LogP contribution in [0.2, 0.25) is 10.2 Å². The van der Waals surface area contributed by atoms with Crippen molar-refractivity contribution in [3.63, 3.8) is 0 Å². The molecule has 0 fully saturated rings. The van der Waals surface area contributed by atoms with Gasteiger partial charge in [-0.05, 0) is 48.0 Å². The van der Waals surface area contributed by atoms with Crippen LogP contribution < -0.4 is 9.62 Å². The van der Waals surface area contributed by atoms with E-state index in [4.69, 9.17) is 23.2 Å². The molecule has 144 valence electrons. The van der Waals surface area contributed by atoms with Crippen LogP contribution in [-0.4, -0.2) is 21.4 Å². The van der Waals surface area contributed by atoms with Gasteiger partial charge in [-0.1, -0.05) is 41.4 Å². The van der Waals surface area contributed by atoms with Gasteiger partial charge in [-0.25, -0.2) is 9.19 Å². The molecule has 5 nitrogen and oxygen atoms in total. The van der Waals surface area contributed by atoms with Gasteiger partial charge in [0.25, 0.3) is 5.91 Å². The molecule has 1 N–H and O–H groups in total. The second-order valence-corrected chi connectivity index (χ2v) is 7.95. The number of rotatable bonds is 6. The van der Waals surface area contributed by atoms with E-state index in [1.165, 1.54) is 0 Å². The highest BCUT2D eigenvalue weighted by Crippen LogP contribution is 2.24. The molecular weight excluding hydrogens is 417 g/mol. The number of halogens is 2. The van der Waals surface area contributed by atoms with Crippen LogP contribution in [0.3, 0.4) is 0 Å². The third kappa shape index (κ3) is 4.90. The number of hydrogen-bond acceptors (Lipinski definition) is 3. The van der Waals surface area contributed by atoms with Gasteiger partial charge in [-0.15, -0.1) is 0 Å². The summed E-state index contributed by atoms with van der Waals surface area (Å²) in [5.74, 6) is -0.309. The first-order chi connectivity index (χ1) is 13.5. The van der Waals surface area contributed by atoms with Crippen LogP contribution in [0.15, 0.2) is 66.9 Å². The minimum absolute atomic E-state index is 0.222. The maximum atomic E-state index is 12.4. The molecule has 1 amide bonds. The van der Waals surface area contributed by atoms with Gasteiger partial charge < -0.3 is 5.32 Å². The highest BCUT2D eigenvalue weighted by molar-refractivity contribution is 7.85. The molecule has 0 bridgehead atoms. The second kappa shape index (κ2) is 9.19. The van der Waals surface area contributed by atoms with Crippen molar-refractivity contribution in [2.75, 3.05) is 15.9 Å². The summed E-state index contributed by atoms with van der Waals surface area (Å²) in [5, 5.41) is 3.56. The van der Waals surface area contributed by atoms with Gasteiger partial charge in [0, 0.05) is 28.7 Å². The predicted octanol–water partition coefficient (Wildman–Crippen LogP) is 4.94. The van der Waals surface area contributed by atoms with Crippen LogP contribution in [-0.2, 0) is 17.5 Å². The summed E-state index contributed by atoms with van der Waals surface area (Å²) in [4.78, 5) is 16.4. The zero-order valence-electron chi connectivity index (χ0n) is 14.9. The number of hydrogen-bond donors (Lipinski definition) is 1. The topological polar surface area (TPSA) is 62.3 Å². The van der Waals surface area contributed by atoms with Crippen LogP contribution >= 0.6 is 23.2 Å². The van der Waals surface area contributed by atoms with Crippen molar-refractivity contribution in [1.82, 2.24) is 4.98 Å². The van der Waals surface area contributed by atoms with E-state index in [0.29, 0.717) is 22.8 Å². The summed E-state index contributed by atoms with van der Waals surface area (Å²) in [6, 6.07) is 17.6. The molecule has 2 aromatic carbocycles. The van der Waals surface area contributed by atoms with Gasteiger partial charge in [0.05, 0.1) is 12.2 Å². The Morgan fingerprint density at radius 1 is 1.07 bits per heavy atom. The van der Waals surface area contributed by atoms with Gasteiger partial charge >= 0.3 is 0 Å². The molecule has 0 saturated carbocycles. The lowest BCUT2D eigenvalue weighted by Crippen LogP contribution is -2.24. The van der Waals surface area contributed by atoms with Crippen molar-refractivity contribution in [2.24, 2.45) is 0 Å². The molecule has 0 radical (unpaired) electrons. The first kappa shape index (κ1) is 20.3. The van der Waals surface area contributed by atoms with Crippen LogP contribution in [0.25, 0.3) is 0 Å². The van der Waals surface area contributed by atoms with Crippen molar-refractivity contribution in [1.29, 1.82) is 0 Å². The molecule has 3 rings (SSSR count). The van der Waals surface area contributed by atoms with E-state index in [2.05, 4.69) is 10.3 Å². The number of benzene rings is 2. The Kier molecular flexibility index (Phi) is 6.67. The summed E-state index contributed by atoms with van der Waals surface area (Å²) >= 11 is 12.2. The van der Waals surface area contributed by atoms with E-state index in [-0.39, 0.29) is 11.1 Å². The molecule has 3 aromatic rings. The molecule has 0 aliphatic heterocycles. The number of amides is 1. The van der Waals surface area contributed by atoms with E-state index >= 15 is 0 Å². The highest BCUT2D eigenvalue weighted by atomic mass is 35.5. The molecular formula is C20H17Cl2N3O2S. The maximum absolute atomic E-state index is 12.4. The monoisotopic (exact) mass is 433 g/mol. The number of nitrogens with one attached hydrogen (secondary N) is 1. The zero-order valence-corrected chi connectivity index (χ0v) is 17.3. The van der Waals surface area contributed by atoms with Gasteiger partial charge in [0.15, 0.2) is 5.15 Å². The van der Waals surface area contributed by atoms with Gasteiger partial charge in [0.2, 0.25) is 0 Å². The van der Waals surface area contributed by atoms with Crippen molar-refractivity contribution in [2.45, 2.75) is 6.54 Å². The fourth-order valence-electron chi connectivity index (χ4n) is 2.56. The first-order valence-electron chi connectivity index (χ1n) is 8.32. The average molecular weight is 434 g/mol. The van der Waals surface area contributed by atoms with E-state index in [0.717, 1.165) is 11.3 Å². The smallest absolute Gasteiger partial charge is 0.255 e. The lowest BCUT2D eigenvalue weighted by Gasteiger charge is -2.22. The molecule has 0 saturated heterocycles. The normalized spacial score (nSPS) is 11.7. The summed E-state index contributed by atoms with van der Waals surface area (Å²) in [5.41, 5.74) is 2.47. The van der Waals surface area contributed by atoms with Crippen LogP contribution in [0.5, 0.6) is 0 Å². The Labute approximate surface area is 175 Å². The summed E-state index contributed by atoms with van der Waals surface area (Å²) in [6.07, 6.45) is 3.15. The number of aromatic nitrogens is 1.